The first kappa shape index (κ1) is 19.0. The molecule has 1 aliphatic rings. The van der Waals surface area contributed by atoms with Crippen LogP contribution >= 0.6 is 12.4 Å². The summed E-state index contributed by atoms with van der Waals surface area (Å²) >= 11 is 0. The number of fused-ring (bicyclic) bond motifs is 1. The molecule has 1 aliphatic heterocycles. The maximum absolute atomic E-state index is 13.1. The van der Waals surface area contributed by atoms with Crippen LogP contribution in [0.4, 0.5) is 10.2 Å². The molecule has 0 amide bonds. The molecule has 0 fully saturated rings. The Morgan fingerprint density at radius 2 is 1.81 bits per heavy atom. The van der Waals surface area contributed by atoms with Gasteiger partial charge in [-0.25, -0.2) is 9.37 Å². The second-order valence-electron chi connectivity index (χ2n) is 6.33. The van der Waals surface area contributed by atoms with Crippen molar-refractivity contribution in [2.45, 2.75) is 33.2 Å². The number of hydrogen-bond donors (Lipinski definition) is 1. The number of benzene rings is 1. The highest BCUT2D eigenvalue weighted by atomic mass is 35.5. The highest BCUT2D eigenvalue weighted by Crippen LogP contribution is 2.31. The first-order valence-electron chi connectivity index (χ1n) is 8.52. The van der Waals surface area contributed by atoms with E-state index in [0.29, 0.717) is 13.1 Å². The molecule has 3 heterocycles. The summed E-state index contributed by atoms with van der Waals surface area (Å²) < 4.78 is 26.1. The lowest BCUT2D eigenvalue weighted by molar-refractivity contribution is -0.0337. The number of halogens is 2. The van der Waals surface area contributed by atoms with Gasteiger partial charge in [0.1, 0.15) is 24.2 Å². The largest absolute Gasteiger partial charge is 0.457 e. The summed E-state index contributed by atoms with van der Waals surface area (Å²) in [5.41, 5.74) is 4.39. The second-order valence-corrected chi connectivity index (χ2v) is 6.33. The van der Waals surface area contributed by atoms with E-state index < -0.39 is 0 Å². The van der Waals surface area contributed by atoms with Crippen LogP contribution in [0.3, 0.4) is 0 Å². The predicted molar refractivity (Wildman–Crippen MR) is 105 cm³/mol. The Kier molecular flexibility index (Phi) is 5.56. The molecule has 142 valence electrons. The van der Waals surface area contributed by atoms with Gasteiger partial charge in [-0.2, -0.15) is 0 Å². The van der Waals surface area contributed by atoms with E-state index >= 15 is 0 Å². The molecule has 0 saturated heterocycles. The highest BCUT2D eigenvalue weighted by Gasteiger charge is 2.20. The van der Waals surface area contributed by atoms with E-state index in [1.54, 1.807) is 30.9 Å². The summed E-state index contributed by atoms with van der Waals surface area (Å²) in [6.45, 7) is 5.36. The molecule has 0 unspecified atom stereocenters. The molecular formula is C20H21ClFN3O2. The topological polar surface area (TPSA) is 48.3 Å². The molecule has 2 aromatic heterocycles. The monoisotopic (exact) mass is 389 g/mol. The number of aromatic nitrogens is 2. The van der Waals surface area contributed by atoms with Gasteiger partial charge in [0.25, 0.3) is 6.29 Å². The molecular weight excluding hydrogens is 369 g/mol. The van der Waals surface area contributed by atoms with Gasteiger partial charge in [-0.3, -0.25) is 0 Å². The first-order valence-corrected chi connectivity index (χ1v) is 8.52. The van der Waals surface area contributed by atoms with Gasteiger partial charge < -0.3 is 19.4 Å². The van der Waals surface area contributed by atoms with Gasteiger partial charge in [-0.15, -0.1) is 12.4 Å². The Balaban J connectivity index is 0.00000210. The number of pyridine rings is 1. The molecule has 7 heteroatoms. The zero-order chi connectivity index (χ0) is 18.1. The Hall–Kier alpha value is -2.73. The van der Waals surface area contributed by atoms with Gasteiger partial charge in [0, 0.05) is 23.8 Å². The van der Waals surface area contributed by atoms with Crippen molar-refractivity contribution in [1.82, 2.24) is 9.55 Å². The quantitative estimate of drug-likeness (QED) is 0.688. The number of anilines is 1. The number of ether oxygens (including phenoxy) is 2. The lowest BCUT2D eigenvalue weighted by atomic mass is 10.1. The van der Waals surface area contributed by atoms with E-state index in [-0.39, 0.29) is 24.5 Å². The van der Waals surface area contributed by atoms with Crippen molar-refractivity contribution in [2.75, 3.05) is 5.32 Å². The molecule has 0 bridgehead atoms. The molecule has 1 aromatic carbocycles. The number of aryl methyl sites for hydroxylation is 1. The molecule has 3 aromatic rings. The normalized spacial score (nSPS) is 13.3. The molecule has 0 spiro atoms. The second kappa shape index (κ2) is 7.88. The third kappa shape index (κ3) is 3.71. The minimum absolute atomic E-state index is 0. The molecule has 27 heavy (non-hydrogen) atoms. The number of rotatable bonds is 5. The van der Waals surface area contributed by atoms with Crippen molar-refractivity contribution in [1.29, 1.82) is 0 Å². The third-order valence-electron chi connectivity index (χ3n) is 4.76. The van der Waals surface area contributed by atoms with Crippen LogP contribution < -0.4 is 5.32 Å². The molecule has 0 saturated carbocycles. The van der Waals surface area contributed by atoms with Gasteiger partial charge in [-0.1, -0.05) is 12.1 Å². The van der Waals surface area contributed by atoms with Crippen molar-refractivity contribution in [3.8, 4) is 0 Å². The Morgan fingerprint density at radius 3 is 2.52 bits per heavy atom. The van der Waals surface area contributed by atoms with Gasteiger partial charge >= 0.3 is 0 Å². The van der Waals surface area contributed by atoms with Crippen LogP contribution in [0, 0.1) is 19.7 Å². The Bertz CT molecular complexity index is 962. The number of nitrogens with one attached hydrogen (secondary N) is 1. The smallest absolute Gasteiger partial charge is 0.257 e. The lowest BCUT2D eigenvalue weighted by Gasteiger charge is -2.14. The highest BCUT2D eigenvalue weighted by molar-refractivity contribution is 5.94. The standard InChI is InChI=1S/C20H20FN3O2.ClH/c1-13-14(2)24(12-18-25-9-10-26-18)17-7-8-22-20(19(13)17)23-11-15-3-5-16(21)6-4-15;/h3-10,18H,11-12H2,1-2H3,(H,22,23);1H. The summed E-state index contributed by atoms with van der Waals surface area (Å²) in [6.07, 6.45) is 4.61. The maximum Gasteiger partial charge on any atom is 0.257 e. The summed E-state index contributed by atoms with van der Waals surface area (Å²) in [5, 5.41) is 4.46. The van der Waals surface area contributed by atoms with E-state index in [1.165, 1.54) is 17.7 Å². The number of hydrogen-bond acceptors (Lipinski definition) is 4. The minimum Gasteiger partial charge on any atom is -0.457 e. The van der Waals surface area contributed by atoms with Crippen molar-refractivity contribution < 1.29 is 13.9 Å². The van der Waals surface area contributed by atoms with Gasteiger partial charge in [0.05, 0.1) is 12.1 Å². The minimum atomic E-state index is -0.313. The number of nitrogens with zero attached hydrogens (tertiary/aromatic N) is 2. The van der Waals surface area contributed by atoms with Gasteiger partial charge in [0.2, 0.25) is 0 Å². The van der Waals surface area contributed by atoms with Crippen LogP contribution in [0.1, 0.15) is 16.8 Å². The average Bonchev–Trinajstić information content (AvgIpc) is 3.25. The van der Waals surface area contributed by atoms with Crippen LogP contribution in [0.2, 0.25) is 0 Å². The van der Waals surface area contributed by atoms with Crippen LogP contribution in [-0.4, -0.2) is 15.8 Å². The van der Waals surface area contributed by atoms with E-state index in [9.17, 15) is 4.39 Å². The van der Waals surface area contributed by atoms with Crippen LogP contribution in [0.15, 0.2) is 49.1 Å². The Labute approximate surface area is 163 Å². The van der Waals surface area contributed by atoms with Crippen LogP contribution in [0.25, 0.3) is 10.9 Å². The summed E-state index contributed by atoms with van der Waals surface area (Å²) in [7, 11) is 0. The van der Waals surface area contributed by atoms with Crippen molar-refractivity contribution in [3.05, 3.63) is 71.7 Å². The first-order chi connectivity index (χ1) is 12.6. The van der Waals surface area contributed by atoms with E-state index in [4.69, 9.17) is 9.47 Å². The maximum atomic E-state index is 13.1. The molecule has 5 nitrogen and oxygen atoms in total. The van der Waals surface area contributed by atoms with Gasteiger partial charge in [0.15, 0.2) is 0 Å². The summed E-state index contributed by atoms with van der Waals surface area (Å²) in [6, 6.07) is 8.47. The zero-order valence-corrected chi connectivity index (χ0v) is 15.9. The van der Waals surface area contributed by atoms with E-state index in [2.05, 4.69) is 28.7 Å². The van der Waals surface area contributed by atoms with Crippen molar-refractivity contribution in [3.63, 3.8) is 0 Å². The average molecular weight is 390 g/mol. The van der Waals surface area contributed by atoms with E-state index in [0.717, 1.165) is 28.0 Å². The molecule has 4 rings (SSSR count). The summed E-state index contributed by atoms with van der Waals surface area (Å²) in [4.78, 5) is 4.51. The van der Waals surface area contributed by atoms with Crippen molar-refractivity contribution in [2.24, 2.45) is 0 Å². The molecule has 1 N–H and O–H groups in total. The fourth-order valence-electron chi connectivity index (χ4n) is 3.27. The molecule has 0 atom stereocenters. The van der Waals surface area contributed by atoms with Crippen LogP contribution in [-0.2, 0) is 22.6 Å². The van der Waals surface area contributed by atoms with Gasteiger partial charge in [-0.05, 0) is 43.2 Å². The third-order valence-corrected chi connectivity index (χ3v) is 4.76. The van der Waals surface area contributed by atoms with E-state index in [1.807, 2.05) is 6.07 Å². The zero-order valence-electron chi connectivity index (χ0n) is 15.1. The lowest BCUT2D eigenvalue weighted by Crippen LogP contribution is -2.17. The molecule has 0 radical (unpaired) electrons. The van der Waals surface area contributed by atoms with Crippen molar-refractivity contribution >= 4 is 29.1 Å². The van der Waals surface area contributed by atoms with Crippen LogP contribution in [0.5, 0.6) is 0 Å². The molecule has 0 aliphatic carbocycles. The Morgan fingerprint density at radius 1 is 1.11 bits per heavy atom. The SMILES string of the molecule is Cc1c(C)n(CC2OC=CO2)c2ccnc(NCc3ccc(F)cc3)c12.Cl. The fraction of sp³-hybridized carbons (Fsp3) is 0.250. The summed E-state index contributed by atoms with van der Waals surface area (Å²) in [5.74, 6) is 0.584. The predicted octanol–water partition coefficient (Wildman–Crippen LogP) is 4.67. The fourth-order valence-corrected chi connectivity index (χ4v) is 3.27.